The van der Waals surface area contributed by atoms with Gasteiger partial charge in [0.2, 0.25) is 0 Å². The molecule has 6 nitrogen and oxygen atoms in total. The van der Waals surface area contributed by atoms with Gasteiger partial charge in [0.05, 0.1) is 17.1 Å². The molecule has 0 aliphatic carbocycles. The smallest absolute Gasteiger partial charge is 0.338 e. The molecular weight excluding hydrogens is 555 g/mol. The number of benzene rings is 5. The Labute approximate surface area is 241 Å². The molecule has 0 bridgehead atoms. The third-order valence-electron chi connectivity index (χ3n) is 6.27. The fraction of sp³-hybridized carbons (Fsp3) is 0.0606. The highest BCUT2D eigenvalue weighted by Crippen LogP contribution is 2.53. The molecule has 0 fully saturated rings. The molecule has 0 unspecified atom stereocenters. The van der Waals surface area contributed by atoms with Gasteiger partial charge in [-0.25, -0.2) is 4.79 Å². The summed E-state index contributed by atoms with van der Waals surface area (Å²) >= 11 is 0. The van der Waals surface area contributed by atoms with Crippen molar-refractivity contribution in [1.82, 2.24) is 0 Å². The zero-order chi connectivity index (χ0) is 29.1. The highest BCUT2D eigenvalue weighted by atomic mass is 32.2. The molecule has 208 valence electrons. The maximum atomic E-state index is 11.3. The number of rotatable bonds is 8. The van der Waals surface area contributed by atoms with E-state index in [9.17, 15) is 13.2 Å². The summed E-state index contributed by atoms with van der Waals surface area (Å²) in [6.45, 7) is -0.487. The second kappa shape index (κ2) is 14.0. The van der Waals surface area contributed by atoms with Crippen molar-refractivity contribution in [2.75, 3.05) is 13.2 Å². The predicted molar refractivity (Wildman–Crippen MR) is 165 cm³/mol. The van der Waals surface area contributed by atoms with E-state index >= 15 is 0 Å². The first-order valence-corrected chi connectivity index (χ1v) is 16.1. The van der Waals surface area contributed by atoms with Gasteiger partial charge < -0.3 is 9.84 Å². The van der Waals surface area contributed by atoms with Gasteiger partial charge in [-0.2, -0.15) is 8.42 Å². The van der Waals surface area contributed by atoms with Crippen LogP contribution < -0.4 is 21.2 Å². The molecular formula is C33H30O6PS+. The van der Waals surface area contributed by atoms with Crippen molar-refractivity contribution in [3.05, 3.63) is 151 Å². The molecule has 0 heterocycles. The predicted octanol–water partition coefficient (Wildman–Crippen LogP) is 4.39. The summed E-state index contributed by atoms with van der Waals surface area (Å²) in [5.74, 6) is -0.764. The Bertz CT molecular complexity index is 1480. The minimum Gasteiger partial charge on any atom is -0.460 e. The second-order valence-electron chi connectivity index (χ2n) is 8.88. The number of ether oxygens (including phenoxy) is 1. The van der Waals surface area contributed by atoms with Crippen LogP contribution in [0.5, 0.6) is 0 Å². The minimum atomic E-state index is -4.34. The Hall–Kier alpha value is -4.13. The van der Waals surface area contributed by atoms with Crippen molar-refractivity contribution in [1.29, 1.82) is 0 Å². The van der Waals surface area contributed by atoms with Gasteiger partial charge in [0, 0.05) is 0 Å². The third-order valence-corrected chi connectivity index (χ3v) is 11.4. The largest absolute Gasteiger partial charge is 0.460 e. The molecule has 5 aromatic rings. The van der Waals surface area contributed by atoms with Gasteiger partial charge in [-0.15, -0.1) is 0 Å². The molecule has 5 aromatic carbocycles. The quantitative estimate of drug-likeness (QED) is 0.159. The molecule has 0 amide bonds. The van der Waals surface area contributed by atoms with Crippen molar-refractivity contribution in [3.63, 3.8) is 0 Å². The summed E-state index contributed by atoms with van der Waals surface area (Å²) in [4.78, 5) is 10.9. The zero-order valence-electron chi connectivity index (χ0n) is 22.2. The van der Waals surface area contributed by atoms with Gasteiger partial charge in [-0.1, -0.05) is 78.9 Å². The molecule has 0 aliphatic heterocycles. The Morgan fingerprint density at radius 1 is 0.610 bits per heavy atom. The van der Waals surface area contributed by atoms with Crippen LogP contribution in [0.2, 0.25) is 0 Å². The molecule has 0 aromatic heterocycles. The monoisotopic (exact) mass is 585 g/mol. The van der Waals surface area contributed by atoms with Gasteiger partial charge >= 0.3 is 5.97 Å². The number of hydrogen-bond acceptors (Lipinski definition) is 5. The Kier molecular flexibility index (Phi) is 10.2. The van der Waals surface area contributed by atoms with E-state index in [-0.39, 0.29) is 23.7 Å². The maximum absolute atomic E-state index is 11.3. The van der Waals surface area contributed by atoms with Gasteiger partial charge in [-0.3, -0.25) is 4.55 Å². The summed E-state index contributed by atoms with van der Waals surface area (Å²) in [6, 6.07) is 48.6. The van der Waals surface area contributed by atoms with Crippen molar-refractivity contribution < 1.29 is 27.6 Å². The SMILES string of the molecule is O=C(OCCO)c1cccc(S(=O)(=O)O)c1.c1ccc([P+](c2ccccc2)(c2ccccc2)c2ccccc2)cc1. The Morgan fingerprint density at radius 2 is 1.00 bits per heavy atom. The topological polar surface area (TPSA) is 101 Å². The number of aliphatic hydroxyl groups excluding tert-OH is 1. The van der Waals surface area contributed by atoms with Gasteiger partial charge in [0.15, 0.2) is 0 Å². The molecule has 0 spiro atoms. The molecule has 5 rings (SSSR count). The lowest BCUT2D eigenvalue weighted by Crippen LogP contribution is -2.38. The van der Waals surface area contributed by atoms with Crippen LogP contribution >= 0.6 is 7.26 Å². The number of hydrogen-bond donors (Lipinski definition) is 2. The van der Waals surface area contributed by atoms with Crippen molar-refractivity contribution in [3.8, 4) is 0 Å². The normalized spacial score (nSPS) is 11.2. The van der Waals surface area contributed by atoms with E-state index in [1.165, 1.54) is 33.4 Å². The van der Waals surface area contributed by atoms with Gasteiger partial charge in [0.25, 0.3) is 10.1 Å². The van der Waals surface area contributed by atoms with Crippen LogP contribution in [0.4, 0.5) is 0 Å². The lowest BCUT2D eigenvalue weighted by atomic mass is 10.2. The number of carbonyl (C=O) groups excluding carboxylic acids is 1. The summed E-state index contributed by atoms with van der Waals surface area (Å²) < 4.78 is 34.9. The van der Waals surface area contributed by atoms with Crippen molar-refractivity contribution in [2.45, 2.75) is 4.90 Å². The zero-order valence-corrected chi connectivity index (χ0v) is 23.9. The lowest BCUT2D eigenvalue weighted by molar-refractivity contribution is 0.0433. The highest BCUT2D eigenvalue weighted by Gasteiger charge is 2.47. The van der Waals surface area contributed by atoms with Crippen LogP contribution in [0, 0.1) is 0 Å². The van der Waals surface area contributed by atoms with Crippen LogP contribution in [-0.4, -0.2) is 37.3 Å². The average molecular weight is 586 g/mol. The van der Waals surface area contributed by atoms with Crippen LogP contribution in [0.3, 0.4) is 0 Å². The molecule has 0 saturated carbocycles. The fourth-order valence-corrected chi connectivity index (χ4v) is 9.30. The van der Waals surface area contributed by atoms with E-state index in [0.717, 1.165) is 12.1 Å². The van der Waals surface area contributed by atoms with Crippen LogP contribution in [0.1, 0.15) is 10.4 Å². The van der Waals surface area contributed by atoms with Crippen LogP contribution in [0.15, 0.2) is 150 Å². The summed E-state index contributed by atoms with van der Waals surface area (Å²) in [5.41, 5.74) is -0.0106. The van der Waals surface area contributed by atoms with E-state index in [1.807, 2.05) is 0 Å². The lowest BCUT2D eigenvalue weighted by Gasteiger charge is -2.27. The Morgan fingerprint density at radius 3 is 1.34 bits per heavy atom. The number of esters is 1. The van der Waals surface area contributed by atoms with Crippen molar-refractivity contribution in [2.24, 2.45) is 0 Å². The van der Waals surface area contributed by atoms with Crippen LogP contribution in [0.25, 0.3) is 0 Å². The number of aliphatic hydroxyl groups is 1. The number of carbonyl (C=O) groups is 1. The molecule has 0 atom stereocenters. The Balaban J connectivity index is 0.000000210. The maximum Gasteiger partial charge on any atom is 0.338 e. The molecule has 2 N–H and O–H groups in total. The molecule has 0 saturated heterocycles. The summed E-state index contributed by atoms with van der Waals surface area (Å²) in [6.07, 6.45) is 0. The van der Waals surface area contributed by atoms with E-state index in [2.05, 4.69) is 126 Å². The van der Waals surface area contributed by atoms with Gasteiger partial charge in [-0.05, 0) is 66.7 Å². The third kappa shape index (κ3) is 7.15. The summed E-state index contributed by atoms with van der Waals surface area (Å²) in [7, 11) is -6.24. The van der Waals surface area contributed by atoms with E-state index in [0.29, 0.717) is 0 Å². The first kappa shape index (κ1) is 29.8. The van der Waals surface area contributed by atoms with E-state index < -0.39 is 23.3 Å². The second-order valence-corrected chi connectivity index (χ2v) is 13.7. The molecule has 0 aliphatic rings. The molecule has 41 heavy (non-hydrogen) atoms. The standard InChI is InChI=1S/C24H20P.C9H10O6S/c1-5-13-21(14-6-1)25(22-15-7-2-8-16-22,23-17-9-3-10-18-23)24-19-11-4-12-20-24;10-4-5-15-9(11)7-2-1-3-8(6-7)16(12,13)14/h1-20H;1-3,6,10H,4-5H2,(H,12,13,14)/q+1;. The average Bonchev–Trinajstić information content (AvgIpc) is 3.02. The molecule has 0 radical (unpaired) electrons. The minimum absolute atomic E-state index is 0.0106. The first-order chi connectivity index (χ1) is 19.9. The summed E-state index contributed by atoms with van der Waals surface area (Å²) in [5, 5.41) is 14.0. The highest BCUT2D eigenvalue weighted by molar-refractivity contribution is 8.01. The van der Waals surface area contributed by atoms with Crippen molar-refractivity contribution >= 4 is 44.6 Å². The van der Waals surface area contributed by atoms with Gasteiger partial charge in [0.1, 0.15) is 35.1 Å². The fourth-order valence-electron chi connectivity index (χ4n) is 4.51. The first-order valence-electron chi connectivity index (χ1n) is 12.8. The van der Waals surface area contributed by atoms with E-state index in [4.69, 9.17) is 9.66 Å². The van der Waals surface area contributed by atoms with E-state index in [1.54, 1.807) is 0 Å². The molecule has 8 heteroatoms. The van der Waals surface area contributed by atoms with Crippen LogP contribution in [-0.2, 0) is 14.9 Å².